The van der Waals surface area contributed by atoms with Gasteiger partial charge in [0.25, 0.3) is 11.8 Å². The minimum Gasteiger partial charge on any atom is -0.493 e. The molecule has 7 nitrogen and oxygen atoms in total. The van der Waals surface area contributed by atoms with Crippen molar-refractivity contribution in [3.8, 4) is 11.5 Å². The zero-order valence-corrected chi connectivity index (χ0v) is 23.0. The molecule has 0 bridgehead atoms. The van der Waals surface area contributed by atoms with E-state index in [2.05, 4.69) is 29.7 Å². The van der Waals surface area contributed by atoms with Gasteiger partial charge in [-0.25, -0.2) is 5.43 Å². The van der Waals surface area contributed by atoms with Gasteiger partial charge in [-0.1, -0.05) is 79.5 Å². The van der Waals surface area contributed by atoms with Crippen molar-refractivity contribution in [2.45, 2.75) is 39.3 Å². The van der Waals surface area contributed by atoms with E-state index in [1.165, 1.54) is 12.3 Å². The molecule has 0 radical (unpaired) electrons. The molecule has 2 amide bonds. The summed E-state index contributed by atoms with van der Waals surface area (Å²) in [6.07, 6.45) is 0.869. The summed E-state index contributed by atoms with van der Waals surface area (Å²) in [4.78, 5) is 26.0. The van der Waals surface area contributed by atoms with Gasteiger partial charge in [0.05, 0.1) is 17.8 Å². The number of ether oxygens (including phenoxy) is 2. The molecule has 0 heterocycles. The summed E-state index contributed by atoms with van der Waals surface area (Å²) in [5.41, 5.74) is 4.17. The van der Waals surface area contributed by atoms with Gasteiger partial charge in [0.2, 0.25) is 0 Å². The van der Waals surface area contributed by atoms with Crippen molar-refractivity contribution in [1.29, 1.82) is 0 Å². The van der Waals surface area contributed by atoms with Crippen LogP contribution in [0.5, 0.6) is 11.5 Å². The van der Waals surface area contributed by atoms with Gasteiger partial charge >= 0.3 is 0 Å². The molecule has 200 valence electrons. The third kappa shape index (κ3) is 9.39. The Morgan fingerprint density at radius 3 is 2.42 bits per heavy atom. The zero-order valence-electron chi connectivity index (χ0n) is 21.5. The molecule has 2 N–H and O–H groups in total. The molecule has 0 unspecified atom stereocenters. The fourth-order valence-corrected chi connectivity index (χ4v) is 3.81. The SMILES string of the molecule is CC(C)COc1cccc(/C=N\NC(=O)[C@H](Cc2ccccc2)NC(=O)[C@@H](C)Oc2ccc(Cl)cc2Cl)c1. The van der Waals surface area contributed by atoms with Crippen LogP contribution in [-0.4, -0.2) is 36.8 Å². The molecular weight excluding hydrogens is 525 g/mol. The highest BCUT2D eigenvalue weighted by Crippen LogP contribution is 2.28. The normalized spacial score (nSPS) is 12.7. The second-order valence-electron chi connectivity index (χ2n) is 9.10. The minimum absolute atomic E-state index is 0.265. The van der Waals surface area contributed by atoms with Crippen LogP contribution in [0, 0.1) is 5.92 Å². The Hall–Kier alpha value is -3.55. The molecule has 3 aromatic carbocycles. The molecule has 9 heteroatoms. The third-order valence-corrected chi connectivity index (χ3v) is 5.84. The van der Waals surface area contributed by atoms with Crippen LogP contribution < -0.4 is 20.2 Å². The molecule has 0 aliphatic rings. The number of benzene rings is 3. The first-order valence-electron chi connectivity index (χ1n) is 12.2. The summed E-state index contributed by atoms with van der Waals surface area (Å²) in [7, 11) is 0. The quantitative estimate of drug-likeness (QED) is 0.222. The van der Waals surface area contributed by atoms with Crippen LogP contribution in [0.1, 0.15) is 31.9 Å². The van der Waals surface area contributed by atoms with E-state index in [0.29, 0.717) is 23.3 Å². The van der Waals surface area contributed by atoms with Crippen LogP contribution in [-0.2, 0) is 16.0 Å². The lowest BCUT2D eigenvalue weighted by atomic mass is 10.1. The van der Waals surface area contributed by atoms with Crippen molar-refractivity contribution in [3.05, 3.63) is 94.0 Å². The van der Waals surface area contributed by atoms with E-state index < -0.39 is 24.0 Å². The molecule has 0 fully saturated rings. The predicted octanol–water partition coefficient (Wildman–Crippen LogP) is 5.67. The number of carbonyl (C=O) groups excluding carboxylic acids is 2. The maximum absolute atomic E-state index is 13.0. The zero-order chi connectivity index (χ0) is 27.5. The van der Waals surface area contributed by atoms with Crippen LogP contribution in [0.3, 0.4) is 0 Å². The van der Waals surface area contributed by atoms with Crippen molar-refractivity contribution < 1.29 is 19.1 Å². The largest absolute Gasteiger partial charge is 0.493 e. The fourth-order valence-electron chi connectivity index (χ4n) is 3.36. The summed E-state index contributed by atoms with van der Waals surface area (Å²) >= 11 is 12.1. The third-order valence-electron chi connectivity index (χ3n) is 5.31. The molecule has 0 aliphatic carbocycles. The Morgan fingerprint density at radius 1 is 0.947 bits per heavy atom. The number of carbonyl (C=O) groups is 2. The van der Waals surface area contributed by atoms with Gasteiger partial charge in [-0.15, -0.1) is 0 Å². The van der Waals surface area contributed by atoms with Crippen LogP contribution in [0.4, 0.5) is 0 Å². The molecule has 0 saturated heterocycles. The monoisotopic (exact) mass is 555 g/mol. The van der Waals surface area contributed by atoms with Gasteiger partial charge in [0.1, 0.15) is 17.5 Å². The first kappa shape index (κ1) is 29.0. The van der Waals surface area contributed by atoms with Crippen LogP contribution in [0.15, 0.2) is 77.9 Å². The number of hydrazone groups is 1. The number of amides is 2. The second-order valence-corrected chi connectivity index (χ2v) is 9.94. The Kier molecular flexibility index (Phi) is 11.0. The summed E-state index contributed by atoms with van der Waals surface area (Å²) in [6.45, 7) is 6.32. The maximum Gasteiger partial charge on any atom is 0.262 e. The summed E-state index contributed by atoms with van der Waals surface area (Å²) in [6, 6.07) is 20.6. The minimum atomic E-state index is -0.920. The van der Waals surface area contributed by atoms with Crippen molar-refractivity contribution in [2.75, 3.05) is 6.61 Å². The molecule has 38 heavy (non-hydrogen) atoms. The highest BCUT2D eigenvalue weighted by atomic mass is 35.5. The van der Waals surface area contributed by atoms with Crippen molar-refractivity contribution in [2.24, 2.45) is 11.0 Å². The van der Waals surface area contributed by atoms with Crippen LogP contribution in [0.2, 0.25) is 10.0 Å². The van der Waals surface area contributed by atoms with Gasteiger partial charge < -0.3 is 14.8 Å². The fraction of sp³-hybridized carbons (Fsp3) is 0.276. The first-order valence-corrected chi connectivity index (χ1v) is 13.0. The van der Waals surface area contributed by atoms with E-state index >= 15 is 0 Å². The Balaban J connectivity index is 1.66. The van der Waals surface area contributed by atoms with E-state index in [0.717, 1.165) is 16.9 Å². The van der Waals surface area contributed by atoms with Crippen molar-refractivity contribution in [1.82, 2.24) is 10.7 Å². The van der Waals surface area contributed by atoms with Gasteiger partial charge in [0.15, 0.2) is 6.10 Å². The van der Waals surface area contributed by atoms with Crippen LogP contribution >= 0.6 is 23.2 Å². The number of halogens is 2. The topological polar surface area (TPSA) is 89.0 Å². The van der Waals surface area contributed by atoms with Gasteiger partial charge in [0, 0.05) is 11.4 Å². The molecular formula is C29H31Cl2N3O4. The van der Waals surface area contributed by atoms with Crippen molar-refractivity contribution in [3.63, 3.8) is 0 Å². The predicted molar refractivity (Wildman–Crippen MR) is 151 cm³/mol. The molecule has 3 rings (SSSR count). The molecule has 0 aliphatic heterocycles. The van der Waals surface area contributed by atoms with E-state index in [9.17, 15) is 9.59 Å². The van der Waals surface area contributed by atoms with Crippen molar-refractivity contribution >= 4 is 41.2 Å². The lowest BCUT2D eigenvalue weighted by Crippen LogP contribution is -2.50. The molecule has 3 aromatic rings. The average Bonchev–Trinajstić information content (AvgIpc) is 2.89. The van der Waals surface area contributed by atoms with E-state index in [1.54, 1.807) is 19.1 Å². The highest BCUT2D eigenvalue weighted by molar-refractivity contribution is 6.35. The Bertz CT molecular complexity index is 1250. The Labute approximate surface area is 233 Å². The van der Waals surface area contributed by atoms with Gasteiger partial charge in [-0.3, -0.25) is 9.59 Å². The number of rotatable bonds is 12. The lowest BCUT2D eigenvalue weighted by molar-refractivity contribution is -0.132. The standard InChI is InChI=1S/C29H31Cl2N3O4/c1-19(2)18-37-24-11-7-10-22(14-24)17-32-34-29(36)26(15-21-8-5-4-6-9-21)33-28(35)20(3)38-27-13-12-23(30)16-25(27)31/h4-14,16-17,19-20,26H,15,18H2,1-3H3,(H,33,35)(H,34,36)/b32-17-/t20-,26+/m1/s1. The Morgan fingerprint density at radius 2 is 1.71 bits per heavy atom. The van der Waals surface area contributed by atoms with Gasteiger partial charge in [-0.05, 0) is 54.3 Å². The smallest absolute Gasteiger partial charge is 0.262 e. The van der Waals surface area contributed by atoms with Gasteiger partial charge in [-0.2, -0.15) is 5.10 Å². The highest BCUT2D eigenvalue weighted by Gasteiger charge is 2.25. The molecule has 0 spiro atoms. The summed E-state index contributed by atoms with van der Waals surface area (Å²) in [5.74, 6) is 0.484. The number of hydrogen-bond donors (Lipinski definition) is 2. The summed E-state index contributed by atoms with van der Waals surface area (Å²) in [5, 5.41) is 7.58. The first-order chi connectivity index (χ1) is 18.2. The average molecular weight is 556 g/mol. The van der Waals surface area contributed by atoms with E-state index in [4.69, 9.17) is 32.7 Å². The van der Waals surface area contributed by atoms with E-state index in [-0.39, 0.29) is 11.4 Å². The number of hydrogen-bond acceptors (Lipinski definition) is 5. The maximum atomic E-state index is 13.0. The second kappa shape index (κ2) is 14.4. The number of nitrogens with one attached hydrogen (secondary N) is 2. The molecule has 0 saturated carbocycles. The molecule has 2 atom stereocenters. The van der Waals surface area contributed by atoms with Crippen LogP contribution in [0.25, 0.3) is 0 Å². The lowest BCUT2D eigenvalue weighted by Gasteiger charge is -2.21. The number of nitrogens with zero attached hydrogens (tertiary/aromatic N) is 1. The molecule has 0 aromatic heterocycles. The van der Waals surface area contributed by atoms with E-state index in [1.807, 2.05) is 54.6 Å². The summed E-state index contributed by atoms with van der Waals surface area (Å²) < 4.78 is 11.4.